The Kier molecular flexibility index (Phi) is 6.36. The zero-order chi connectivity index (χ0) is 14.3. The molecule has 0 aliphatic rings. The molecule has 1 unspecified atom stereocenters. The van der Waals surface area contributed by atoms with Gasteiger partial charge in [0.1, 0.15) is 5.75 Å². The molecule has 1 aromatic rings. The van der Waals surface area contributed by atoms with Gasteiger partial charge >= 0.3 is 0 Å². The molecule has 0 heterocycles. The second-order valence-electron chi connectivity index (χ2n) is 5.01. The third-order valence-corrected chi connectivity index (χ3v) is 2.76. The summed E-state index contributed by atoms with van der Waals surface area (Å²) in [6.07, 6.45) is -0.490. The Labute approximate surface area is 115 Å². The summed E-state index contributed by atoms with van der Waals surface area (Å²) in [4.78, 5) is 11.5. The molecule has 0 spiro atoms. The lowest BCUT2D eigenvalue weighted by atomic mass is 10.1. The monoisotopic (exact) mass is 264 g/mol. The summed E-state index contributed by atoms with van der Waals surface area (Å²) in [6.45, 7) is 7.79. The van der Waals surface area contributed by atoms with Crippen LogP contribution in [0, 0.1) is 5.92 Å². The molecule has 0 aromatic heterocycles. The highest BCUT2D eigenvalue weighted by Gasteiger charge is 2.14. The molecule has 106 valence electrons. The van der Waals surface area contributed by atoms with Crippen LogP contribution in [0.5, 0.6) is 5.75 Å². The van der Waals surface area contributed by atoms with E-state index in [1.54, 1.807) is 14.0 Å². The van der Waals surface area contributed by atoms with Crippen LogP contribution in [0.15, 0.2) is 24.3 Å². The molecule has 4 heteroatoms. The number of hydrogen-bond acceptors (Lipinski definition) is 3. The van der Waals surface area contributed by atoms with Gasteiger partial charge in [0, 0.05) is 19.2 Å². The van der Waals surface area contributed by atoms with Crippen LogP contribution in [0.2, 0.25) is 0 Å². The maximum atomic E-state index is 11.5. The van der Waals surface area contributed by atoms with Crippen LogP contribution in [0.25, 0.3) is 0 Å². The van der Waals surface area contributed by atoms with E-state index in [1.165, 1.54) is 0 Å². The molecular weight excluding hydrogens is 240 g/mol. The molecule has 0 bridgehead atoms. The first-order valence-electron chi connectivity index (χ1n) is 6.71. The van der Waals surface area contributed by atoms with E-state index < -0.39 is 6.10 Å². The highest BCUT2D eigenvalue weighted by molar-refractivity contribution is 5.80. The third kappa shape index (κ3) is 5.30. The second-order valence-corrected chi connectivity index (χ2v) is 5.01. The highest BCUT2D eigenvalue weighted by Crippen LogP contribution is 2.19. The number of ether oxygens (including phenoxy) is 1. The lowest BCUT2D eigenvalue weighted by Crippen LogP contribution is -2.34. The van der Waals surface area contributed by atoms with Gasteiger partial charge in [-0.1, -0.05) is 32.0 Å². The fraction of sp³-hybridized carbons (Fsp3) is 0.533. The zero-order valence-electron chi connectivity index (χ0n) is 12.2. The zero-order valence-corrected chi connectivity index (χ0v) is 12.2. The number of hydrogen-bond donors (Lipinski definition) is 2. The van der Waals surface area contributed by atoms with Crippen molar-refractivity contribution in [3.05, 3.63) is 29.8 Å². The number of carbonyl (C=O) groups is 1. The van der Waals surface area contributed by atoms with Crippen LogP contribution in [0.3, 0.4) is 0 Å². The lowest BCUT2D eigenvalue weighted by Gasteiger charge is -2.17. The van der Waals surface area contributed by atoms with E-state index in [0.717, 1.165) is 24.4 Å². The Morgan fingerprint density at radius 3 is 2.58 bits per heavy atom. The van der Waals surface area contributed by atoms with Crippen molar-refractivity contribution in [1.82, 2.24) is 10.6 Å². The molecule has 1 aromatic carbocycles. The molecule has 4 nitrogen and oxygen atoms in total. The Bertz CT molecular complexity index is 405. The van der Waals surface area contributed by atoms with Crippen molar-refractivity contribution in [3.63, 3.8) is 0 Å². The van der Waals surface area contributed by atoms with Gasteiger partial charge in [-0.15, -0.1) is 0 Å². The summed E-state index contributed by atoms with van der Waals surface area (Å²) in [7, 11) is 1.61. The Balaban J connectivity index is 2.64. The fourth-order valence-corrected chi connectivity index (χ4v) is 1.71. The SMILES string of the molecule is CNC(=O)C(C)Oc1ccccc1CNCC(C)C. The first-order chi connectivity index (χ1) is 9.04. The van der Waals surface area contributed by atoms with E-state index in [1.807, 2.05) is 24.3 Å². The van der Waals surface area contributed by atoms with E-state index in [2.05, 4.69) is 24.5 Å². The number of amides is 1. The fourth-order valence-electron chi connectivity index (χ4n) is 1.71. The van der Waals surface area contributed by atoms with Crippen molar-refractivity contribution in [2.24, 2.45) is 5.92 Å². The van der Waals surface area contributed by atoms with Crippen molar-refractivity contribution in [3.8, 4) is 5.75 Å². The molecule has 0 saturated carbocycles. The summed E-state index contributed by atoms with van der Waals surface area (Å²) in [5, 5.41) is 5.96. The van der Waals surface area contributed by atoms with Crippen molar-refractivity contribution >= 4 is 5.91 Å². The molecule has 0 aliphatic heterocycles. The van der Waals surface area contributed by atoms with Gasteiger partial charge in [-0.2, -0.15) is 0 Å². The topological polar surface area (TPSA) is 50.4 Å². The van der Waals surface area contributed by atoms with Crippen molar-refractivity contribution < 1.29 is 9.53 Å². The first kappa shape index (κ1) is 15.5. The van der Waals surface area contributed by atoms with Gasteiger partial charge in [0.15, 0.2) is 6.10 Å². The Morgan fingerprint density at radius 1 is 1.26 bits per heavy atom. The molecule has 0 fully saturated rings. The van der Waals surface area contributed by atoms with Crippen LogP contribution in [0.4, 0.5) is 0 Å². The Morgan fingerprint density at radius 2 is 1.95 bits per heavy atom. The van der Waals surface area contributed by atoms with Gasteiger partial charge in [-0.3, -0.25) is 4.79 Å². The molecule has 1 rings (SSSR count). The number of benzene rings is 1. The number of carbonyl (C=O) groups excluding carboxylic acids is 1. The van der Waals surface area contributed by atoms with E-state index >= 15 is 0 Å². The maximum Gasteiger partial charge on any atom is 0.260 e. The smallest absolute Gasteiger partial charge is 0.260 e. The molecule has 0 radical (unpaired) electrons. The molecular formula is C15H24N2O2. The van der Waals surface area contributed by atoms with Crippen LogP contribution >= 0.6 is 0 Å². The molecule has 0 aliphatic carbocycles. The minimum absolute atomic E-state index is 0.120. The van der Waals surface area contributed by atoms with Crippen LogP contribution < -0.4 is 15.4 Å². The minimum atomic E-state index is -0.490. The molecule has 1 amide bonds. The largest absolute Gasteiger partial charge is 0.481 e. The van der Waals surface area contributed by atoms with E-state index in [4.69, 9.17) is 4.74 Å². The van der Waals surface area contributed by atoms with Crippen LogP contribution in [0.1, 0.15) is 26.3 Å². The molecule has 1 atom stereocenters. The Hall–Kier alpha value is -1.55. The van der Waals surface area contributed by atoms with Gasteiger partial charge in [0.05, 0.1) is 0 Å². The van der Waals surface area contributed by atoms with E-state index in [9.17, 15) is 4.79 Å². The van der Waals surface area contributed by atoms with Crippen molar-refractivity contribution in [2.75, 3.05) is 13.6 Å². The molecule has 2 N–H and O–H groups in total. The summed E-state index contributed by atoms with van der Waals surface area (Å²) < 4.78 is 5.70. The normalized spacial score (nSPS) is 12.3. The summed E-state index contributed by atoms with van der Waals surface area (Å²) >= 11 is 0. The summed E-state index contributed by atoms with van der Waals surface area (Å²) in [5.41, 5.74) is 1.07. The van der Waals surface area contributed by atoms with Crippen molar-refractivity contribution in [2.45, 2.75) is 33.4 Å². The standard InChI is InChI=1S/C15H24N2O2/c1-11(2)9-17-10-13-7-5-6-8-14(13)19-12(3)15(18)16-4/h5-8,11-12,17H,9-10H2,1-4H3,(H,16,18). The van der Waals surface area contributed by atoms with Gasteiger partial charge < -0.3 is 15.4 Å². The number of nitrogens with one attached hydrogen (secondary N) is 2. The predicted molar refractivity (Wildman–Crippen MR) is 77.1 cm³/mol. The third-order valence-electron chi connectivity index (χ3n) is 2.76. The summed E-state index contributed by atoms with van der Waals surface area (Å²) in [5.74, 6) is 1.25. The van der Waals surface area contributed by atoms with Crippen LogP contribution in [-0.2, 0) is 11.3 Å². The number of rotatable bonds is 7. The summed E-state index contributed by atoms with van der Waals surface area (Å²) in [6, 6.07) is 7.80. The second kappa shape index (κ2) is 7.79. The molecule has 0 saturated heterocycles. The quantitative estimate of drug-likeness (QED) is 0.791. The lowest BCUT2D eigenvalue weighted by molar-refractivity contribution is -0.126. The van der Waals surface area contributed by atoms with Gasteiger partial charge in [-0.05, 0) is 25.5 Å². The van der Waals surface area contributed by atoms with E-state index in [-0.39, 0.29) is 5.91 Å². The highest BCUT2D eigenvalue weighted by atomic mass is 16.5. The molecule has 19 heavy (non-hydrogen) atoms. The maximum absolute atomic E-state index is 11.5. The number of likely N-dealkylation sites (N-methyl/N-ethyl adjacent to an activating group) is 1. The predicted octanol–water partition coefficient (Wildman–Crippen LogP) is 1.95. The average Bonchev–Trinajstić information content (AvgIpc) is 2.39. The number of para-hydroxylation sites is 1. The van der Waals surface area contributed by atoms with Crippen LogP contribution in [-0.4, -0.2) is 25.6 Å². The minimum Gasteiger partial charge on any atom is -0.481 e. The average molecular weight is 264 g/mol. The van der Waals surface area contributed by atoms with Gasteiger partial charge in [-0.25, -0.2) is 0 Å². The van der Waals surface area contributed by atoms with Crippen molar-refractivity contribution in [1.29, 1.82) is 0 Å². The van der Waals surface area contributed by atoms with E-state index in [0.29, 0.717) is 5.92 Å². The first-order valence-corrected chi connectivity index (χ1v) is 6.71. The van der Waals surface area contributed by atoms with Gasteiger partial charge in [0.25, 0.3) is 5.91 Å². The van der Waals surface area contributed by atoms with Gasteiger partial charge in [0.2, 0.25) is 0 Å².